The van der Waals surface area contributed by atoms with Crippen LogP contribution in [0.4, 0.5) is 15.8 Å². The molecule has 0 heterocycles. The van der Waals surface area contributed by atoms with Gasteiger partial charge in [-0.3, -0.25) is 0 Å². The lowest BCUT2D eigenvalue weighted by Gasteiger charge is -2.33. The van der Waals surface area contributed by atoms with Crippen molar-refractivity contribution in [3.05, 3.63) is 24.0 Å². The Morgan fingerprint density at radius 2 is 1.75 bits per heavy atom. The van der Waals surface area contributed by atoms with Gasteiger partial charge in [0.15, 0.2) is 0 Å². The number of rotatable bonds is 5. The molecule has 0 spiro atoms. The van der Waals surface area contributed by atoms with E-state index < -0.39 is 0 Å². The zero-order valence-corrected chi connectivity index (χ0v) is 10.3. The summed E-state index contributed by atoms with van der Waals surface area (Å²) in [5, 5.41) is 3.39. The van der Waals surface area contributed by atoms with E-state index in [0.29, 0.717) is 5.69 Å². The van der Waals surface area contributed by atoms with Gasteiger partial charge in [-0.25, -0.2) is 4.39 Å². The Kier molecular flexibility index (Phi) is 4.16. The topological polar surface area (TPSA) is 38.0 Å². The van der Waals surface area contributed by atoms with Crippen LogP contribution in [0.3, 0.4) is 0 Å². The third-order valence-electron chi connectivity index (χ3n) is 3.48. The second-order valence-corrected chi connectivity index (χ2v) is 4.17. The number of benzene rings is 1. The fourth-order valence-corrected chi connectivity index (χ4v) is 1.95. The van der Waals surface area contributed by atoms with E-state index in [1.54, 1.807) is 6.07 Å². The van der Waals surface area contributed by atoms with Crippen molar-refractivity contribution in [2.45, 2.75) is 45.6 Å². The SMILES string of the molecule is CCC(CC)(CC)Nc1cccc(F)c1N. The third-order valence-corrected chi connectivity index (χ3v) is 3.48. The Balaban J connectivity index is 2.98. The standard InChI is InChI=1S/C13H21FN2/c1-4-13(5-2,6-3)16-11-9-7-8-10(14)12(11)15/h7-9,16H,4-6,15H2,1-3H3. The number of halogens is 1. The number of nitrogens with one attached hydrogen (secondary N) is 1. The molecule has 90 valence electrons. The first-order valence-corrected chi connectivity index (χ1v) is 5.90. The highest BCUT2D eigenvalue weighted by molar-refractivity contribution is 5.67. The summed E-state index contributed by atoms with van der Waals surface area (Å²) in [6.45, 7) is 6.40. The summed E-state index contributed by atoms with van der Waals surface area (Å²) in [6, 6.07) is 4.89. The van der Waals surface area contributed by atoms with Crippen molar-refractivity contribution < 1.29 is 4.39 Å². The molecule has 1 aromatic carbocycles. The normalized spacial score (nSPS) is 11.5. The molecule has 1 aromatic rings. The smallest absolute Gasteiger partial charge is 0.148 e. The van der Waals surface area contributed by atoms with Crippen LogP contribution in [0.2, 0.25) is 0 Å². The van der Waals surface area contributed by atoms with Crippen molar-refractivity contribution in [1.82, 2.24) is 0 Å². The van der Waals surface area contributed by atoms with Crippen LogP contribution in [0.25, 0.3) is 0 Å². The lowest BCUT2D eigenvalue weighted by Crippen LogP contribution is -2.36. The maximum absolute atomic E-state index is 13.3. The lowest BCUT2D eigenvalue weighted by molar-refractivity contribution is 0.420. The molecule has 2 nitrogen and oxygen atoms in total. The van der Waals surface area contributed by atoms with Gasteiger partial charge in [-0.05, 0) is 31.4 Å². The average molecular weight is 224 g/mol. The van der Waals surface area contributed by atoms with Gasteiger partial charge in [0.1, 0.15) is 5.82 Å². The minimum absolute atomic E-state index is 0.0158. The molecule has 3 N–H and O–H groups in total. The highest BCUT2D eigenvalue weighted by atomic mass is 19.1. The molecule has 0 aliphatic rings. The van der Waals surface area contributed by atoms with Gasteiger partial charge in [-0.15, -0.1) is 0 Å². The Labute approximate surface area is 97.0 Å². The molecule has 16 heavy (non-hydrogen) atoms. The minimum Gasteiger partial charge on any atom is -0.395 e. The molecule has 0 aromatic heterocycles. The first kappa shape index (κ1) is 12.8. The summed E-state index contributed by atoms with van der Waals surface area (Å²) in [5.74, 6) is -0.359. The van der Waals surface area contributed by atoms with Crippen molar-refractivity contribution in [3.8, 4) is 0 Å². The third kappa shape index (κ3) is 2.46. The van der Waals surface area contributed by atoms with Crippen molar-refractivity contribution in [2.24, 2.45) is 0 Å². The number of nitrogen functional groups attached to an aromatic ring is 1. The average Bonchev–Trinajstić information content (AvgIpc) is 2.32. The van der Waals surface area contributed by atoms with Gasteiger partial charge in [0.25, 0.3) is 0 Å². The number of para-hydroxylation sites is 1. The predicted octanol–water partition coefficient (Wildman–Crippen LogP) is 3.79. The zero-order valence-electron chi connectivity index (χ0n) is 10.3. The molecule has 0 amide bonds. The Bertz CT molecular complexity index is 338. The van der Waals surface area contributed by atoms with Crippen LogP contribution in [0, 0.1) is 5.82 Å². The first-order chi connectivity index (χ1) is 7.58. The van der Waals surface area contributed by atoms with Crippen LogP contribution >= 0.6 is 0 Å². The molecule has 0 saturated carbocycles. The number of anilines is 2. The van der Waals surface area contributed by atoms with Gasteiger partial charge in [-0.1, -0.05) is 26.8 Å². The summed E-state index contributed by atoms with van der Waals surface area (Å²) >= 11 is 0. The highest BCUT2D eigenvalue weighted by Crippen LogP contribution is 2.29. The molecule has 3 heteroatoms. The summed E-state index contributed by atoms with van der Waals surface area (Å²) in [7, 11) is 0. The number of hydrogen-bond acceptors (Lipinski definition) is 2. The molecule has 0 unspecified atom stereocenters. The Hall–Kier alpha value is -1.25. The minimum atomic E-state index is -0.359. The second-order valence-electron chi connectivity index (χ2n) is 4.17. The Morgan fingerprint density at radius 1 is 1.19 bits per heavy atom. The largest absolute Gasteiger partial charge is 0.395 e. The number of hydrogen-bond donors (Lipinski definition) is 2. The van der Waals surface area contributed by atoms with Crippen LogP contribution in [0.15, 0.2) is 18.2 Å². The second kappa shape index (κ2) is 5.19. The maximum atomic E-state index is 13.3. The van der Waals surface area contributed by atoms with Crippen molar-refractivity contribution in [1.29, 1.82) is 0 Å². The van der Waals surface area contributed by atoms with Crippen molar-refractivity contribution >= 4 is 11.4 Å². The van der Waals surface area contributed by atoms with Crippen LogP contribution in [-0.2, 0) is 0 Å². The van der Waals surface area contributed by atoms with Crippen LogP contribution in [0.1, 0.15) is 40.0 Å². The van der Waals surface area contributed by atoms with Gasteiger partial charge in [0.2, 0.25) is 0 Å². The molecule has 0 aliphatic carbocycles. The molecule has 0 fully saturated rings. The lowest BCUT2D eigenvalue weighted by atomic mass is 9.89. The fourth-order valence-electron chi connectivity index (χ4n) is 1.95. The summed E-state index contributed by atoms with van der Waals surface area (Å²) in [5.41, 5.74) is 6.64. The summed E-state index contributed by atoms with van der Waals surface area (Å²) in [6.07, 6.45) is 2.99. The summed E-state index contributed by atoms with van der Waals surface area (Å²) in [4.78, 5) is 0. The van der Waals surface area contributed by atoms with E-state index in [9.17, 15) is 4.39 Å². The molecule has 0 bridgehead atoms. The molecule has 0 radical (unpaired) electrons. The van der Waals surface area contributed by atoms with E-state index in [4.69, 9.17) is 5.73 Å². The van der Waals surface area contributed by atoms with Crippen LogP contribution in [0.5, 0.6) is 0 Å². The molecule has 0 aliphatic heterocycles. The summed E-state index contributed by atoms with van der Waals surface area (Å²) < 4.78 is 13.3. The van der Waals surface area contributed by atoms with Gasteiger partial charge >= 0.3 is 0 Å². The molecule has 0 saturated heterocycles. The fraction of sp³-hybridized carbons (Fsp3) is 0.538. The zero-order chi connectivity index (χ0) is 12.2. The molecular weight excluding hydrogens is 203 g/mol. The monoisotopic (exact) mass is 224 g/mol. The van der Waals surface area contributed by atoms with Gasteiger partial charge in [0.05, 0.1) is 11.4 Å². The van der Waals surface area contributed by atoms with E-state index in [1.165, 1.54) is 6.07 Å². The van der Waals surface area contributed by atoms with Gasteiger partial charge in [0, 0.05) is 5.54 Å². The maximum Gasteiger partial charge on any atom is 0.148 e. The van der Waals surface area contributed by atoms with Crippen molar-refractivity contribution in [3.63, 3.8) is 0 Å². The van der Waals surface area contributed by atoms with E-state index in [2.05, 4.69) is 26.1 Å². The van der Waals surface area contributed by atoms with Crippen LogP contribution in [-0.4, -0.2) is 5.54 Å². The first-order valence-electron chi connectivity index (χ1n) is 5.90. The predicted molar refractivity (Wildman–Crippen MR) is 68.0 cm³/mol. The highest BCUT2D eigenvalue weighted by Gasteiger charge is 2.24. The molecular formula is C13H21FN2. The van der Waals surface area contributed by atoms with E-state index in [1.807, 2.05) is 6.07 Å². The van der Waals surface area contributed by atoms with E-state index >= 15 is 0 Å². The van der Waals surface area contributed by atoms with E-state index in [0.717, 1.165) is 19.3 Å². The van der Waals surface area contributed by atoms with Crippen LogP contribution < -0.4 is 11.1 Å². The molecule has 0 atom stereocenters. The van der Waals surface area contributed by atoms with Crippen molar-refractivity contribution in [2.75, 3.05) is 11.1 Å². The van der Waals surface area contributed by atoms with Gasteiger partial charge in [-0.2, -0.15) is 0 Å². The van der Waals surface area contributed by atoms with Gasteiger partial charge < -0.3 is 11.1 Å². The number of nitrogens with two attached hydrogens (primary N) is 1. The Morgan fingerprint density at radius 3 is 2.25 bits per heavy atom. The van der Waals surface area contributed by atoms with E-state index in [-0.39, 0.29) is 17.0 Å². The quantitative estimate of drug-likeness (QED) is 0.747. The molecule has 1 rings (SSSR count).